The topological polar surface area (TPSA) is 105 Å². The summed E-state index contributed by atoms with van der Waals surface area (Å²) in [5, 5.41) is 0. The lowest BCUT2D eigenvalue weighted by Gasteiger charge is -2.43. The molecule has 4 N–H and O–H groups in total. The van der Waals surface area contributed by atoms with Gasteiger partial charge in [-0.3, -0.25) is 5.73 Å². The van der Waals surface area contributed by atoms with Crippen LogP contribution in [0.25, 0.3) is 0 Å². The monoisotopic (exact) mass is 422 g/mol. The Labute approximate surface area is 151 Å². The predicted octanol–water partition coefficient (Wildman–Crippen LogP) is 1.74. The number of aryl methyl sites for hydroxylation is 3. The third-order valence-corrected chi connectivity index (χ3v) is 6.93. The molecule has 0 aliphatic carbocycles. The SMILES string of the molecule is COC1CCC(Br)C(N)[N+]1(N)OS(=O)(=O)c1c(C)cc(C)cc1C. The predicted molar refractivity (Wildman–Crippen MR) is 94.1 cm³/mol. The molecular weight excluding hydrogens is 398 g/mol. The fourth-order valence-corrected chi connectivity index (χ4v) is 5.42. The lowest BCUT2D eigenvalue weighted by Crippen LogP contribution is -2.74. The van der Waals surface area contributed by atoms with Crippen molar-refractivity contribution in [3.63, 3.8) is 0 Å². The van der Waals surface area contributed by atoms with Gasteiger partial charge in [-0.25, -0.2) is 0 Å². The number of alkyl halides is 1. The van der Waals surface area contributed by atoms with Crippen LogP contribution in [0.1, 0.15) is 29.5 Å². The number of benzene rings is 1. The normalized spacial score (nSPS) is 31.2. The van der Waals surface area contributed by atoms with Crippen molar-refractivity contribution < 1.29 is 22.2 Å². The summed E-state index contributed by atoms with van der Waals surface area (Å²) in [5.74, 6) is 6.26. The molecular formula is C15H25BrN3O4S+. The van der Waals surface area contributed by atoms with Gasteiger partial charge in [-0.2, -0.15) is 8.42 Å². The third-order valence-electron chi connectivity index (χ3n) is 4.33. The Morgan fingerprint density at radius 2 is 1.75 bits per heavy atom. The minimum absolute atomic E-state index is 0.120. The van der Waals surface area contributed by atoms with Gasteiger partial charge in [0.2, 0.25) is 12.4 Å². The van der Waals surface area contributed by atoms with E-state index in [1.165, 1.54) is 7.11 Å². The molecule has 0 bridgehead atoms. The first kappa shape index (κ1) is 19.8. The van der Waals surface area contributed by atoms with Crippen LogP contribution in [0.15, 0.2) is 17.0 Å². The summed E-state index contributed by atoms with van der Waals surface area (Å²) in [7, 11) is -2.67. The summed E-state index contributed by atoms with van der Waals surface area (Å²) < 4.78 is 35.8. The van der Waals surface area contributed by atoms with E-state index in [0.29, 0.717) is 24.0 Å². The number of methoxy groups -OCH3 is 1. The number of hydroxylamine groups is 2. The molecule has 0 spiro atoms. The number of quaternary nitrogens is 1. The van der Waals surface area contributed by atoms with Gasteiger partial charge in [-0.05, 0) is 47.4 Å². The molecule has 7 nitrogen and oxygen atoms in total. The first-order valence-corrected chi connectivity index (χ1v) is 9.99. The highest BCUT2D eigenvalue weighted by Gasteiger charge is 2.53. The molecule has 4 unspecified atom stereocenters. The zero-order valence-electron chi connectivity index (χ0n) is 14.3. The molecule has 0 saturated carbocycles. The van der Waals surface area contributed by atoms with Gasteiger partial charge in [0, 0.05) is 13.5 Å². The molecule has 24 heavy (non-hydrogen) atoms. The molecule has 136 valence electrons. The van der Waals surface area contributed by atoms with E-state index in [4.69, 9.17) is 20.6 Å². The van der Waals surface area contributed by atoms with Crippen molar-refractivity contribution in [2.45, 2.75) is 55.7 Å². The Morgan fingerprint density at radius 1 is 1.21 bits per heavy atom. The van der Waals surface area contributed by atoms with Crippen LogP contribution in [-0.2, 0) is 19.1 Å². The summed E-state index contributed by atoms with van der Waals surface area (Å²) in [5.41, 5.74) is 8.33. The highest BCUT2D eigenvalue weighted by atomic mass is 79.9. The van der Waals surface area contributed by atoms with Crippen molar-refractivity contribution in [3.8, 4) is 0 Å². The van der Waals surface area contributed by atoms with Crippen LogP contribution in [0, 0.1) is 20.8 Å². The van der Waals surface area contributed by atoms with Crippen LogP contribution in [0.2, 0.25) is 0 Å². The summed E-state index contributed by atoms with van der Waals surface area (Å²) >= 11 is 3.44. The molecule has 1 aliphatic rings. The average molecular weight is 423 g/mol. The van der Waals surface area contributed by atoms with Gasteiger partial charge in [0.15, 0.2) is 0 Å². The summed E-state index contributed by atoms with van der Waals surface area (Å²) in [6, 6.07) is 3.59. The summed E-state index contributed by atoms with van der Waals surface area (Å²) in [4.78, 5) is -0.0564. The van der Waals surface area contributed by atoms with Gasteiger partial charge < -0.3 is 4.74 Å². The molecule has 1 heterocycles. The lowest BCUT2D eigenvalue weighted by molar-refractivity contribution is -1.14. The van der Waals surface area contributed by atoms with Crippen molar-refractivity contribution >= 4 is 26.0 Å². The molecule has 4 atom stereocenters. The van der Waals surface area contributed by atoms with Crippen LogP contribution in [-0.4, -0.2) is 37.5 Å². The van der Waals surface area contributed by atoms with Crippen molar-refractivity contribution in [2.75, 3.05) is 7.11 Å². The van der Waals surface area contributed by atoms with Crippen molar-refractivity contribution in [3.05, 3.63) is 28.8 Å². The van der Waals surface area contributed by atoms with E-state index in [0.717, 1.165) is 5.56 Å². The van der Waals surface area contributed by atoms with E-state index in [-0.39, 0.29) is 9.72 Å². The second-order valence-corrected chi connectivity index (χ2v) is 8.94. The number of halogens is 1. The zero-order valence-corrected chi connectivity index (χ0v) is 16.7. The highest BCUT2D eigenvalue weighted by molar-refractivity contribution is 9.09. The number of hydrogen-bond acceptors (Lipinski definition) is 6. The number of nitrogens with zero attached hydrogens (tertiary/aromatic N) is 1. The molecule has 1 aromatic rings. The second kappa shape index (κ2) is 6.99. The van der Waals surface area contributed by atoms with E-state index in [9.17, 15) is 8.42 Å². The summed E-state index contributed by atoms with van der Waals surface area (Å²) in [6.45, 7) is 5.37. The number of nitrogens with two attached hydrogens (primary N) is 2. The number of piperidine rings is 1. The quantitative estimate of drug-likeness (QED) is 0.434. The smallest absolute Gasteiger partial charge is 0.329 e. The van der Waals surface area contributed by atoms with E-state index in [1.54, 1.807) is 26.0 Å². The van der Waals surface area contributed by atoms with Crippen LogP contribution in [0.4, 0.5) is 0 Å². The third kappa shape index (κ3) is 3.52. The molecule has 0 radical (unpaired) electrons. The standard InChI is InChI=1S/C15H25BrN3O4S/c1-9-7-10(2)14(11(3)8-9)24(20,21)23-19(18)13(22-4)6-5-12(16)15(19)17/h7-8,12-13,15H,5-6,17-18H2,1-4H3/q+1. The van der Waals surface area contributed by atoms with Crippen molar-refractivity contribution in [2.24, 2.45) is 11.6 Å². The molecule has 1 fully saturated rings. The van der Waals surface area contributed by atoms with Crippen molar-refractivity contribution in [1.82, 2.24) is 0 Å². The molecule has 1 aromatic carbocycles. The minimum atomic E-state index is -4.13. The largest absolute Gasteiger partial charge is 0.345 e. The highest BCUT2D eigenvalue weighted by Crippen LogP contribution is 2.34. The first-order chi connectivity index (χ1) is 11.0. The van der Waals surface area contributed by atoms with E-state index >= 15 is 0 Å². The van der Waals surface area contributed by atoms with E-state index < -0.39 is 27.3 Å². The van der Waals surface area contributed by atoms with Gasteiger partial charge in [0.05, 0.1) is 4.83 Å². The maximum absolute atomic E-state index is 12.9. The molecule has 0 aromatic heterocycles. The van der Waals surface area contributed by atoms with Crippen molar-refractivity contribution in [1.29, 1.82) is 0 Å². The van der Waals surface area contributed by atoms with Gasteiger partial charge in [-0.15, -0.1) is 5.84 Å². The fourth-order valence-electron chi connectivity index (χ4n) is 3.27. The minimum Gasteiger partial charge on any atom is -0.329 e. The van der Waals surface area contributed by atoms with Crippen LogP contribution in [0.3, 0.4) is 0 Å². The summed E-state index contributed by atoms with van der Waals surface area (Å²) in [6.07, 6.45) is -0.222. The van der Waals surface area contributed by atoms with Gasteiger partial charge >= 0.3 is 10.1 Å². The molecule has 0 amide bonds. The second-order valence-electron chi connectivity index (χ2n) is 6.29. The zero-order chi connectivity index (χ0) is 18.3. The Balaban J connectivity index is 2.47. The number of rotatable bonds is 4. The van der Waals surface area contributed by atoms with Gasteiger partial charge in [0.25, 0.3) is 0 Å². The Kier molecular flexibility index (Phi) is 5.76. The molecule has 1 aliphatic heterocycles. The Bertz CT molecular complexity index is 700. The first-order valence-electron chi connectivity index (χ1n) is 7.66. The fraction of sp³-hybridized carbons (Fsp3) is 0.600. The van der Waals surface area contributed by atoms with Crippen LogP contribution < -0.4 is 11.6 Å². The van der Waals surface area contributed by atoms with Gasteiger partial charge in [0.1, 0.15) is 4.90 Å². The molecule has 1 saturated heterocycles. The van der Waals surface area contributed by atoms with E-state index in [1.807, 2.05) is 6.92 Å². The van der Waals surface area contributed by atoms with Crippen LogP contribution in [0.5, 0.6) is 0 Å². The van der Waals surface area contributed by atoms with Gasteiger partial charge in [-0.1, -0.05) is 33.6 Å². The average Bonchev–Trinajstić information content (AvgIpc) is 2.43. The Morgan fingerprint density at radius 3 is 2.25 bits per heavy atom. The number of hydrogen-bond donors (Lipinski definition) is 2. The molecule has 9 heteroatoms. The number of ether oxygens (including phenoxy) is 1. The van der Waals surface area contributed by atoms with E-state index in [2.05, 4.69) is 15.9 Å². The maximum atomic E-state index is 12.9. The lowest BCUT2D eigenvalue weighted by atomic mass is 10.1. The Hall–Kier alpha value is -0.550. The maximum Gasteiger partial charge on any atom is 0.345 e. The molecule has 2 rings (SSSR count). The van der Waals surface area contributed by atoms with Crippen LogP contribution >= 0.6 is 15.9 Å².